The first-order chi connectivity index (χ1) is 5.20. The average molecular weight is 154 g/mol. The molecule has 2 unspecified atom stereocenters. The molecule has 0 fully saturated rings. The fraction of sp³-hybridized carbons (Fsp3) is 0.818. The lowest BCUT2D eigenvalue weighted by Crippen LogP contribution is -2.00. The van der Waals surface area contributed by atoms with E-state index >= 15 is 0 Å². The van der Waals surface area contributed by atoms with E-state index in [1.165, 1.54) is 19.3 Å². The quantitative estimate of drug-likeness (QED) is 0.524. The van der Waals surface area contributed by atoms with Crippen LogP contribution < -0.4 is 0 Å². The minimum Gasteiger partial charge on any atom is -0.0914 e. The summed E-state index contributed by atoms with van der Waals surface area (Å²) in [4.78, 5) is 0. The Morgan fingerprint density at radius 1 is 1.27 bits per heavy atom. The van der Waals surface area contributed by atoms with Crippen molar-refractivity contribution in [2.24, 2.45) is 11.8 Å². The molecule has 0 nitrogen and oxygen atoms in total. The minimum absolute atomic E-state index is 0.765. The molecule has 0 amide bonds. The van der Waals surface area contributed by atoms with Crippen LogP contribution in [-0.2, 0) is 0 Å². The first-order valence-electron chi connectivity index (χ1n) is 4.83. The molecule has 0 aromatic heterocycles. The largest absolute Gasteiger partial charge is 0.0914 e. The van der Waals surface area contributed by atoms with E-state index in [0.29, 0.717) is 0 Å². The lowest BCUT2D eigenvalue weighted by Gasteiger charge is -2.12. The Balaban J connectivity index is 3.48. The van der Waals surface area contributed by atoms with Crippen LogP contribution in [0.15, 0.2) is 12.2 Å². The van der Waals surface area contributed by atoms with E-state index < -0.39 is 0 Å². The lowest BCUT2D eigenvalue weighted by atomic mass is 9.94. The molecule has 0 saturated heterocycles. The smallest absolute Gasteiger partial charge is 0.0260 e. The number of allylic oxidation sites excluding steroid dienone is 2. The van der Waals surface area contributed by atoms with Crippen LogP contribution in [0.25, 0.3) is 0 Å². The molecule has 0 aliphatic heterocycles. The summed E-state index contributed by atoms with van der Waals surface area (Å²) in [6.45, 7) is 9.01. The predicted octanol–water partition coefficient (Wildman–Crippen LogP) is 4.02. The molecule has 11 heavy (non-hydrogen) atoms. The van der Waals surface area contributed by atoms with Gasteiger partial charge < -0.3 is 0 Å². The molecular weight excluding hydrogens is 132 g/mol. The molecule has 0 rings (SSSR count). The van der Waals surface area contributed by atoms with Gasteiger partial charge in [-0.15, -0.1) is 0 Å². The van der Waals surface area contributed by atoms with Gasteiger partial charge in [-0.2, -0.15) is 0 Å². The summed E-state index contributed by atoms with van der Waals surface area (Å²) >= 11 is 0. The molecule has 0 aromatic rings. The van der Waals surface area contributed by atoms with Crippen LogP contribution in [0.2, 0.25) is 0 Å². The van der Waals surface area contributed by atoms with Gasteiger partial charge in [0.1, 0.15) is 0 Å². The van der Waals surface area contributed by atoms with Gasteiger partial charge in [0.05, 0.1) is 0 Å². The highest BCUT2D eigenvalue weighted by molar-refractivity contribution is 4.83. The van der Waals surface area contributed by atoms with Gasteiger partial charge in [0, 0.05) is 0 Å². The van der Waals surface area contributed by atoms with Crippen molar-refractivity contribution in [3.05, 3.63) is 12.2 Å². The van der Waals surface area contributed by atoms with Crippen molar-refractivity contribution < 1.29 is 0 Å². The first kappa shape index (κ1) is 10.7. The fourth-order valence-electron chi connectivity index (χ4n) is 1.65. The van der Waals surface area contributed by atoms with E-state index in [1.54, 1.807) is 0 Å². The van der Waals surface area contributed by atoms with Gasteiger partial charge in [0.15, 0.2) is 0 Å². The van der Waals surface area contributed by atoms with Crippen LogP contribution in [0.4, 0.5) is 0 Å². The second-order valence-electron chi connectivity index (χ2n) is 3.63. The third kappa shape index (κ3) is 6.15. The van der Waals surface area contributed by atoms with Gasteiger partial charge in [0.25, 0.3) is 0 Å². The molecule has 0 radical (unpaired) electrons. The Morgan fingerprint density at radius 3 is 2.36 bits per heavy atom. The number of hydrogen-bond donors (Lipinski definition) is 0. The van der Waals surface area contributed by atoms with Crippen molar-refractivity contribution in [3.63, 3.8) is 0 Å². The predicted molar refractivity (Wildman–Crippen MR) is 52.7 cm³/mol. The Hall–Kier alpha value is -0.260. The molecule has 0 aliphatic carbocycles. The lowest BCUT2D eigenvalue weighted by molar-refractivity contribution is 0.434. The maximum atomic E-state index is 2.35. The van der Waals surface area contributed by atoms with E-state index in [4.69, 9.17) is 0 Å². The number of rotatable bonds is 5. The molecule has 0 aliphatic rings. The zero-order valence-corrected chi connectivity index (χ0v) is 8.43. The molecule has 2 atom stereocenters. The van der Waals surface area contributed by atoms with E-state index in [0.717, 1.165) is 11.8 Å². The van der Waals surface area contributed by atoms with Crippen molar-refractivity contribution in [2.45, 2.75) is 47.0 Å². The van der Waals surface area contributed by atoms with Crippen molar-refractivity contribution in [2.75, 3.05) is 0 Å². The van der Waals surface area contributed by atoms with E-state index in [1.807, 2.05) is 0 Å². The van der Waals surface area contributed by atoms with Crippen LogP contribution >= 0.6 is 0 Å². The maximum Gasteiger partial charge on any atom is -0.0260 e. The van der Waals surface area contributed by atoms with Crippen molar-refractivity contribution >= 4 is 0 Å². The van der Waals surface area contributed by atoms with Gasteiger partial charge in [-0.25, -0.2) is 0 Å². The van der Waals surface area contributed by atoms with Gasteiger partial charge >= 0.3 is 0 Å². The normalized spacial score (nSPS) is 17.1. The van der Waals surface area contributed by atoms with Gasteiger partial charge in [-0.1, -0.05) is 45.8 Å². The van der Waals surface area contributed by atoms with Crippen LogP contribution in [0.3, 0.4) is 0 Å². The standard InChI is InChI=1S/C11H22/c1-5-7-10(3)9-11(4)8-6-2/h5,7,10-11H,6,8-9H2,1-4H3/b7-5+. The summed E-state index contributed by atoms with van der Waals surface area (Å²) in [5.74, 6) is 1.66. The van der Waals surface area contributed by atoms with E-state index in [-0.39, 0.29) is 0 Å². The van der Waals surface area contributed by atoms with Crippen LogP contribution in [0.5, 0.6) is 0 Å². The molecule has 0 spiro atoms. The zero-order valence-electron chi connectivity index (χ0n) is 8.43. The second-order valence-corrected chi connectivity index (χ2v) is 3.63. The fourth-order valence-corrected chi connectivity index (χ4v) is 1.65. The van der Waals surface area contributed by atoms with Crippen molar-refractivity contribution in [1.29, 1.82) is 0 Å². The zero-order chi connectivity index (χ0) is 8.69. The third-order valence-electron chi connectivity index (χ3n) is 2.08. The Bertz CT molecular complexity index is 103. The monoisotopic (exact) mass is 154 g/mol. The number of hydrogen-bond acceptors (Lipinski definition) is 0. The SMILES string of the molecule is C/C=C/C(C)CC(C)CCC. The summed E-state index contributed by atoms with van der Waals surface area (Å²) in [6.07, 6.45) is 8.50. The highest BCUT2D eigenvalue weighted by atomic mass is 14.1. The minimum atomic E-state index is 0.765. The summed E-state index contributed by atoms with van der Waals surface area (Å²) < 4.78 is 0. The van der Waals surface area contributed by atoms with Crippen LogP contribution in [0, 0.1) is 11.8 Å². The van der Waals surface area contributed by atoms with E-state index in [2.05, 4.69) is 39.8 Å². The third-order valence-corrected chi connectivity index (χ3v) is 2.08. The topological polar surface area (TPSA) is 0 Å². The Labute approximate surface area is 71.7 Å². The Kier molecular flexibility index (Phi) is 6.30. The van der Waals surface area contributed by atoms with Gasteiger partial charge in [0.2, 0.25) is 0 Å². The van der Waals surface area contributed by atoms with Gasteiger partial charge in [-0.05, 0) is 25.2 Å². The molecule has 0 N–H and O–H groups in total. The molecular formula is C11H22. The summed E-state index contributed by atoms with van der Waals surface area (Å²) in [7, 11) is 0. The highest BCUT2D eigenvalue weighted by Gasteiger charge is 2.04. The van der Waals surface area contributed by atoms with Gasteiger partial charge in [-0.3, -0.25) is 0 Å². The molecule has 66 valence electrons. The summed E-state index contributed by atoms with van der Waals surface area (Å²) in [5, 5.41) is 0. The van der Waals surface area contributed by atoms with Crippen molar-refractivity contribution in [1.82, 2.24) is 0 Å². The molecule has 0 bridgehead atoms. The molecule has 0 aromatic carbocycles. The maximum absolute atomic E-state index is 2.35. The molecule has 0 saturated carbocycles. The molecule has 0 heteroatoms. The second kappa shape index (κ2) is 6.45. The van der Waals surface area contributed by atoms with Crippen molar-refractivity contribution in [3.8, 4) is 0 Å². The summed E-state index contributed by atoms with van der Waals surface area (Å²) in [5.41, 5.74) is 0. The first-order valence-corrected chi connectivity index (χ1v) is 4.83. The highest BCUT2D eigenvalue weighted by Crippen LogP contribution is 2.17. The van der Waals surface area contributed by atoms with E-state index in [9.17, 15) is 0 Å². The van der Waals surface area contributed by atoms with Crippen LogP contribution in [-0.4, -0.2) is 0 Å². The summed E-state index contributed by atoms with van der Waals surface area (Å²) in [6, 6.07) is 0. The Morgan fingerprint density at radius 2 is 1.91 bits per heavy atom. The average Bonchev–Trinajstić information content (AvgIpc) is 1.87. The van der Waals surface area contributed by atoms with Crippen LogP contribution in [0.1, 0.15) is 47.0 Å². The molecule has 0 heterocycles.